The Morgan fingerprint density at radius 2 is 2.29 bits per heavy atom. The average Bonchev–Trinajstić information content (AvgIpc) is 2.41. The molecule has 1 saturated carbocycles. The van der Waals surface area contributed by atoms with Gasteiger partial charge in [0.05, 0.1) is 0 Å². The number of carbonyl (C=O) groups excluding carboxylic acids is 1. The first-order valence-electron chi connectivity index (χ1n) is 5.04. The van der Waals surface area contributed by atoms with Gasteiger partial charge in [0.15, 0.2) is 0 Å². The predicted molar refractivity (Wildman–Crippen MR) is 62.2 cm³/mol. The van der Waals surface area contributed by atoms with Crippen molar-refractivity contribution in [1.82, 2.24) is 5.32 Å². The second-order valence-corrected chi connectivity index (χ2v) is 5.79. The summed E-state index contributed by atoms with van der Waals surface area (Å²) < 4.78 is 0.821. The summed E-state index contributed by atoms with van der Waals surface area (Å²) in [6.07, 6.45) is 3.34. The second kappa shape index (κ2) is 4.47. The zero-order valence-corrected chi connectivity index (χ0v) is 10.5. The molecule has 0 aliphatic heterocycles. The van der Waals surface area contributed by atoms with Crippen LogP contribution in [0.25, 0.3) is 0 Å². The molecule has 0 aromatic carbocycles. The van der Waals surface area contributed by atoms with Crippen LogP contribution in [0.1, 0.15) is 33.1 Å². The lowest BCUT2D eigenvalue weighted by molar-refractivity contribution is -0.127. The van der Waals surface area contributed by atoms with Gasteiger partial charge in [-0.05, 0) is 18.3 Å². The van der Waals surface area contributed by atoms with Crippen LogP contribution in [-0.2, 0) is 4.79 Å². The van der Waals surface area contributed by atoms with Gasteiger partial charge in [-0.1, -0.05) is 42.8 Å². The van der Waals surface area contributed by atoms with Gasteiger partial charge in [-0.15, -0.1) is 0 Å². The van der Waals surface area contributed by atoms with Gasteiger partial charge in [-0.2, -0.15) is 0 Å². The first kappa shape index (κ1) is 11.8. The van der Waals surface area contributed by atoms with E-state index < -0.39 is 0 Å². The average molecular weight is 260 g/mol. The number of carbonyl (C=O) groups is 1. The van der Waals surface area contributed by atoms with E-state index in [1.165, 1.54) is 6.42 Å². The normalized spacial score (nSPS) is 24.6. The highest BCUT2D eigenvalue weighted by Crippen LogP contribution is 2.42. The van der Waals surface area contributed by atoms with E-state index in [1.54, 1.807) is 0 Å². The van der Waals surface area contributed by atoms with E-state index in [4.69, 9.17) is 0 Å². The van der Waals surface area contributed by atoms with Crippen LogP contribution >= 0.6 is 15.9 Å². The van der Waals surface area contributed by atoms with Crippen LogP contribution < -0.4 is 5.32 Å². The summed E-state index contributed by atoms with van der Waals surface area (Å²) in [6, 6.07) is 0. The summed E-state index contributed by atoms with van der Waals surface area (Å²) >= 11 is 3.23. The molecule has 0 bridgehead atoms. The van der Waals surface area contributed by atoms with E-state index in [2.05, 4.69) is 41.7 Å². The number of hydrogen-bond acceptors (Lipinski definition) is 1. The van der Waals surface area contributed by atoms with Gasteiger partial charge in [-0.3, -0.25) is 4.79 Å². The van der Waals surface area contributed by atoms with Crippen molar-refractivity contribution in [1.29, 1.82) is 0 Å². The Hall–Kier alpha value is -0.310. The van der Waals surface area contributed by atoms with Gasteiger partial charge in [0.25, 0.3) is 0 Å². The Bertz CT molecular complexity index is 248. The number of amides is 1. The van der Waals surface area contributed by atoms with Crippen LogP contribution in [0.2, 0.25) is 0 Å². The minimum atomic E-state index is 0.164. The maximum Gasteiger partial charge on any atom is 0.223 e. The Morgan fingerprint density at radius 1 is 1.64 bits per heavy atom. The Morgan fingerprint density at radius 3 is 2.71 bits per heavy atom. The van der Waals surface area contributed by atoms with Crippen LogP contribution in [0, 0.1) is 11.3 Å². The van der Waals surface area contributed by atoms with Crippen molar-refractivity contribution in [3.63, 3.8) is 0 Å². The molecule has 1 amide bonds. The first-order valence-corrected chi connectivity index (χ1v) is 5.84. The highest BCUT2D eigenvalue weighted by molar-refractivity contribution is 9.11. The zero-order valence-electron chi connectivity index (χ0n) is 8.90. The van der Waals surface area contributed by atoms with Gasteiger partial charge in [0.2, 0.25) is 5.91 Å². The summed E-state index contributed by atoms with van der Waals surface area (Å²) in [4.78, 5) is 11.8. The van der Waals surface area contributed by atoms with Crippen LogP contribution in [0.3, 0.4) is 0 Å². The fourth-order valence-corrected chi connectivity index (χ4v) is 2.26. The molecule has 3 heteroatoms. The van der Waals surface area contributed by atoms with Gasteiger partial charge in [-0.25, -0.2) is 0 Å². The molecule has 1 atom stereocenters. The van der Waals surface area contributed by atoms with E-state index in [9.17, 15) is 4.79 Å². The molecular weight excluding hydrogens is 242 g/mol. The molecule has 1 unspecified atom stereocenters. The zero-order chi connectivity index (χ0) is 10.8. The number of nitrogens with one attached hydrogen (secondary N) is 1. The quantitative estimate of drug-likeness (QED) is 0.830. The summed E-state index contributed by atoms with van der Waals surface area (Å²) in [5, 5.41) is 2.89. The van der Waals surface area contributed by atoms with Gasteiger partial charge >= 0.3 is 0 Å². The van der Waals surface area contributed by atoms with Crippen molar-refractivity contribution in [3.8, 4) is 0 Å². The summed E-state index contributed by atoms with van der Waals surface area (Å²) in [5.74, 6) is 0.349. The van der Waals surface area contributed by atoms with Crippen LogP contribution in [0.5, 0.6) is 0 Å². The van der Waals surface area contributed by atoms with Crippen LogP contribution in [0.4, 0.5) is 0 Å². The van der Waals surface area contributed by atoms with Crippen molar-refractivity contribution in [2.24, 2.45) is 11.3 Å². The lowest BCUT2D eigenvalue weighted by atomic mass is 9.81. The van der Waals surface area contributed by atoms with Gasteiger partial charge in [0, 0.05) is 16.9 Å². The molecule has 0 heterocycles. The minimum absolute atomic E-state index is 0.164. The molecule has 1 aliphatic carbocycles. The predicted octanol–water partition coefficient (Wildman–Crippen LogP) is 2.84. The smallest absolute Gasteiger partial charge is 0.223 e. The molecule has 2 nitrogen and oxygen atoms in total. The Labute approximate surface area is 94.3 Å². The number of hydrogen-bond donors (Lipinski definition) is 1. The number of halogens is 1. The van der Waals surface area contributed by atoms with Crippen molar-refractivity contribution in [2.75, 3.05) is 6.54 Å². The summed E-state index contributed by atoms with van der Waals surface area (Å²) in [5.41, 5.74) is 0.164. The molecule has 14 heavy (non-hydrogen) atoms. The van der Waals surface area contributed by atoms with Crippen LogP contribution in [0.15, 0.2) is 11.1 Å². The molecule has 1 rings (SSSR count). The fourth-order valence-electron chi connectivity index (χ4n) is 2.12. The molecule has 1 aliphatic rings. The van der Waals surface area contributed by atoms with Crippen molar-refractivity contribution in [2.45, 2.75) is 33.1 Å². The highest BCUT2D eigenvalue weighted by atomic mass is 79.9. The van der Waals surface area contributed by atoms with Crippen LogP contribution in [-0.4, -0.2) is 12.5 Å². The molecular formula is C11H18BrNO. The molecule has 0 spiro atoms. The Kier molecular flexibility index (Phi) is 3.76. The van der Waals surface area contributed by atoms with E-state index in [0.717, 1.165) is 17.3 Å². The second-order valence-electron chi connectivity index (χ2n) is 4.67. The largest absolute Gasteiger partial charge is 0.351 e. The molecule has 1 fully saturated rings. The molecule has 0 radical (unpaired) electrons. The third-order valence-electron chi connectivity index (χ3n) is 3.03. The lowest BCUT2D eigenvalue weighted by Gasteiger charge is -2.25. The van der Waals surface area contributed by atoms with E-state index in [1.807, 2.05) is 0 Å². The maximum atomic E-state index is 11.8. The number of rotatable bonds is 3. The minimum Gasteiger partial charge on any atom is -0.351 e. The molecule has 0 saturated heterocycles. The van der Waals surface area contributed by atoms with Crippen molar-refractivity contribution in [3.05, 3.63) is 11.1 Å². The Balaban J connectivity index is 2.48. The molecule has 1 N–H and O–H groups in total. The molecule has 0 aromatic rings. The summed E-state index contributed by atoms with van der Waals surface area (Å²) in [7, 11) is 0. The van der Waals surface area contributed by atoms with Gasteiger partial charge < -0.3 is 5.32 Å². The topological polar surface area (TPSA) is 29.1 Å². The van der Waals surface area contributed by atoms with Crippen molar-refractivity contribution < 1.29 is 4.79 Å². The lowest BCUT2D eigenvalue weighted by Crippen LogP contribution is -2.36. The highest BCUT2D eigenvalue weighted by Gasteiger charge is 2.38. The third-order valence-corrected chi connectivity index (χ3v) is 3.31. The SMILES string of the molecule is C=C(Br)CNC(=O)C1CCCC1(C)C. The third kappa shape index (κ3) is 2.84. The van der Waals surface area contributed by atoms with Crippen molar-refractivity contribution >= 4 is 21.8 Å². The molecule has 0 aromatic heterocycles. The van der Waals surface area contributed by atoms with E-state index >= 15 is 0 Å². The van der Waals surface area contributed by atoms with E-state index in [0.29, 0.717) is 6.54 Å². The molecule has 80 valence electrons. The fraction of sp³-hybridized carbons (Fsp3) is 0.727. The monoisotopic (exact) mass is 259 g/mol. The van der Waals surface area contributed by atoms with E-state index in [-0.39, 0.29) is 17.2 Å². The summed E-state index contributed by atoms with van der Waals surface area (Å²) in [6.45, 7) is 8.57. The standard InChI is InChI=1S/C11H18BrNO/c1-8(12)7-13-10(14)9-5-4-6-11(9,2)3/h9H,1,4-7H2,2-3H3,(H,13,14). The first-order chi connectivity index (χ1) is 6.43. The maximum absolute atomic E-state index is 11.8. The van der Waals surface area contributed by atoms with Gasteiger partial charge in [0.1, 0.15) is 0 Å².